The second kappa shape index (κ2) is 5.48. The van der Waals surface area contributed by atoms with Gasteiger partial charge in [0.1, 0.15) is 0 Å². The topological polar surface area (TPSA) is 44.0 Å². The van der Waals surface area contributed by atoms with Crippen LogP contribution in [0.3, 0.4) is 0 Å². The molecular weight excluding hydrogens is 260 g/mol. The van der Waals surface area contributed by atoms with Crippen LogP contribution in [0.25, 0.3) is 11.0 Å². The molecule has 4 heteroatoms. The van der Waals surface area contributed by atoms with Crippen LogP contribution in [0.1, 0.15) is 11.1 Å². The molecule has 0 aliphatic rings. The minimum absolute atomic E-state index is 0.763. The molecule has 2 N–H and O–H groups in total. The molecule has 0 aliphatic heterocycles. The smallest absolute Gasteiger partial charge is 0.201 e. The van der Waals surface area contributed by atoms with Gasteiger partial charge in [-0.1, -0.05) is 18.2 Å². The summed E-state index contributed by atoms with van der Waals surface area (Å²) in [4.78, 5) is 9.93. The van der Waals surface area contributed by atoms with E-state index in [9.17, 15) is 0 Å². The van der Waals surface area contributed by atoms with Crippen LogP contribution in [0, 0.1) is 6.92 Å². The fourth-order valence-corrected chi connectivity index (χ4v) is 2.37. The maximum absolute atomic E-state index is 4.53. The molecule has 0 aliphatic carbocycles. The number of nitrogens with zero attached hydrogens (tertiary/aromatic N) is 2. The van der Waals surface area contributed by atoms with Gasteiger partial charge in [0.25, 0.3) is 0 Å². The van der Waals surface area contributed by atoms with Crippen LogP contribution in [0.5, 0.6) is 0 Å². The summed E-state index contributed by atoms with van der Waals surface area (Å²) in [5.74, 6) is 0.812. The number of H-pyrrole nitrogens is 1. The molecule has 0 amide bonds. The normalized spacial score (nSPS) is 10.8. The summed E-state index contributed by atoms with van der Waals surface area (Å²) >= 11 is 0. The maximum Gasteiger partial charge on any atom is 0.201 e. The average molecular weight is 280 g/mol. The Morgan fingerprint density at radius 1 is 1.14 bits per heavy atom. The highest BCUT2D eigenvalue weighted by atomic mass is 15.1. The molecule has 0 radical (unpaired) electrons. The first-order valence-electron chi connectivity index (χ1n) is 7.09. The van der Waals surface area contributed by atoms with E-state index in [4.69, 9.17) is 0 Å². The van der Waals surface area contributed by atoms with Crippen LogP contribution in [0.15, 0.2) is 42.5 Å². The van der Waals surface area contributed by atoms with Crippen molar-refractivity contribution in [1.29, 1.82) is 0 Å². The van der Waals surface area contributed by atoms with E-state index >= 15 is 0 Å². The van der Waals surface area contributed by atoms with Gasteiger partial charge < -0.3 is 15.2 Å². The van der Waals surface area contributed by atoms with Crippen molar-refractivity contribution >= 4 is 22.7 Å². The highest BCUT2D eigenvalue weighted by Crippen LogP contribution is 2.19. The zero-order valence-electron chi connectivity index (χ0n) is 12.6. The van der Waals surface area contributed by atoms with Crippen molar-refractivity contribution in [2.75, 3.05) is 24.3 Å². The van der Waals surface area contributed by atoms with Crippen molar-refractivity contribution in [1.82, 2.24) is 9.97 Å². The molecule has 0 fully saturated rings. The molecule has 1 heterocycles. The number of anilines is 2. The number of nitrogens with one attached hydrogen (secondary N) is 2. The third kappa shape index (κ3) is 2.84. The van der Waals surface area contributed by atoms with Gasteiger partial charge in [0.05, 0.1) is 11.0 Å². The molecule has 0 bridgehead atoms. The minimum atomic E-state index is 0.763. The quantitative estimate of drug-likeness (QED) is 0.768. The van der Waals surface area contributed by atoms with Crippen molar-refractivity contribution in [2.24, 2.45) is 0 Å². The van der Waals surface area contributed by atoms with Crippen molar-refractivity contribution in [3.63, 3.8) is 0 Å². The fraction of sp³-hybridized carbons (Fsp3) is 0.235. The predicted octanol–water partition coefficient (Wildman–Crippen LogP) is 3.55. The van der Waals surface area contributed by atoms with Gasteiger partial charge in [0, 0.05) is 26.3 Å². The van der Waals surface area contributed by atoms with E-state index in [1.807, 2.05) is 24.3 Å². The van der Waals surface area contributed by atoms with Gasteiger partial charge in [-0.2, -0.15) is 0 Å². The number of aryl methyl sites for hydroxylation is 1. The molecule has 2 aromatic carbocycles. The number of hydrogen-bond donors (Lipinski definition) is 2. The lowest BCUT2D eigenvalue weighted by Crippen LogP contribution is -2.09. The molecule has 0 spiro atoms. The number of aromatic amines is 1. The lowest BCUT2D eigenvalue weighted by molar-refractivity contribution is 1.07. The second-order valence-electron chi connectivity index (χ2n) is 5.46. The number of benzene rings is 2. The molecule has 0 saturated carbocycles. The molecule has 0 unspecified atom stereocenters. The van der Waals surface area contributed by atoms with Gasteiger partial charge in [-0.15, -0.1) is 0 Å². The molecule has 3 aromatic rings. The van der Waals surface area contributed by atoms with E-state index in [2.05, 4.69) is 59.4 Å². The molecule has 0 atom stereocenters. The first-order valence-corrected chi connectivity index (χ1v) is 7.09. The van der Waals surface area contributed by atoms with Gasteiger partial charge in [-0.05, 0) is 42.3 Å². The van der Waals surface area contributed by atoms with Gasteiger partial charge in [0.2, 0.25) is 5.95 Å². The van der Waals surface area contributed by atoms with Gasteiger partial charge in [0.15, 0.2) is 0 Å². The van der Waals surface area contributed by atoms with E-state index in [0.29, 0.717) is 0 Å². The van der Waals surface area contributed by atoms with Gasteiger partial charge >= 0.3 is 0 Å². The number of aromatic nitrogens is 2. The first kappa shape index (κ1) is 13.5. The number of para-hydroxylation sites is 2. The third-order valence-electron chi connectivity index (χ3n) is 3.68. The zero-order valence-corrected chi connectivity index (χ0v) is 12.6. The number of imidazole rings is 1. The number of rotatable bonds is 4. The number of fused-ring (bicyclic) bond motifs is 1. The molecule has 0 saturated heterocycles. The SMILES string of the molecule is Cc1cc(N(C)C)ccc1CNc1nc2ccccc2[nH]1. The molecule has 21 heavy (non-hydrogen) atoms. The monoisotopic (exact) mass is 280 g/mol. The molecule has 108 valence electrons. The van der Waals surface area contributed by atoms with Crippen molar-refractivity contribution < 1.29 is 0 Å². The van der Waals surface area contributed by atoms with Crippen LogP contribution in [0.2, 0.25) is 0 Å². The van der Waals surface area contributed by atoms with Gasteiger partial charge in [-0.25, -0.2) is 4.98 Å². The van der Waals surface area contributed by atoms with Gasteiger partial charge in [-0.3, -0.25) is 0 Å². The summed E-state index contributed by atoms with van der Waals surface area (Å²) in [5, 5.41) is 3.36. The molecule has 4 nitrogen and oxygen atoms in total. The van der Waals surface area contributed by atoms with E-state index in [0.717, 1.165) is 23.5 Å². The van der Waals surface area contributed by atoms with Crippen molar-refractivity contribution in [3.05, 3.63) is 53.6 Å². The third-order valence-corrected chi connectivity index (χ3v) is 3.68. The van der Waals surface area contributed by atoms with Crippen LogP contribution in [0.4, 0.5) is 11.6 Å². The maximum atomic E-state index is 4.53. The summed E-state index contributed by atoms with van der Waals surface area (Å²) in [7, 11) is 4.11. The highest BCUT2D eigenvalue weighted by Gasteiger charge is 2.04. The van der Waals surface area contributed by atoms with Crippen molar-refractivity contribution in [3.8, 4) is 0 Å². The fourth-order valence-electron chi connectivity index (χ4n) is 2.37. The molecular formula is C17H20N4. The first-order chi connectivity index (χ1) is 10.1. The van der Waals surface area contributed by atoms with Crippen LogP contribution in [-0.2, 0) is 6.54 Å². The Morgan fingerprint density at radius 2 is 1.95 bits per heavy atom. The largest absolute Gasteiger partial charge is 0.378 e. The summed E-state index contributed by atoms with van der Waals surface area (Å²) < 4.78 is 0. The standard InChI is InChI=1S/C17H20N4/c1-12-10-14(21(2)3)9-8-13(12)11-18-17-19-15-6-4-5-7-16(15)20-17/h4-10H,11H2,1-3H3,(H2,18,19,20). The lowest BCUT2D eigenvalue weighted by atomic mass is 10.1. The average Bonchev–Trinajstić information content (AvgIpc) is 2.88. The lowest BCUT2D eigenvalue weighted by Gasteiger charge is -2.15. The minimum Gasteiger partial charge on any atom is -0.378 e. The predicted molar refractivity (Wildman–Crippen MR) is 88.9 cm³/mol. The summed E-state index contributed by atoms with van der Waals surface area (Å²) in [6.07, 6.45) is 0. The second-order valence-corrected chi connectivity index (χ2v) is 5.46. The Hall–Kier alpha value is -2.49. The van der Waals surface area contributed by atoms with E-state index < -0.39 is 0 Å². The highest BCUT2D eigenvalue weighted by molar-refractivity contribution is 5.77. The Bertz CT molecular complexity index is 725. The summed E-state index contributed by atoms with van der Waals surface area (Å²) in [6, 6.07) is 14.6. The Morgan fingerprint density at radius 3 is 2.67 bits per heavy atom. The summed E-state index contributed by atoms with van der Waals surface area (Å²) in [5.41, 5.74) is 5.82. The Balaban J connectivity index is 1.75. The molecule has 1 aromatic heterocycles. The van der Waals surface area contributed by atoms with E-state index in [1.165, 1.54) is 16.8 Å². The van der Waals surface area contributed by atoms with Crippen molar-refractivity contribution in [2.45, 2.75) is 13.5 Å². The molecule has 3 rings (SSSR count). The number of hydrogen-bond acceptors (Lipinski definition) is 3. The van der Waals surface area contributed by atoms with Crippen LogP contribution in [-0.4, -0.2) is 24.1 Å². The van der Waals surface area contributed by atoms with E-state index in [-0.39, 0.29) is 0 Å². The summed E-state index contributed by atoms with van der Waals surface area (Å²) in [6.45, 7) is 2.90. The Labute approximate surface area is 124 Å². The Kier molecular flexibility index (Phi) is 3.52. The van der Waals surface area contributed by atoms with Crippen LogP contribution >= 0.6 is 0 Å². The van der Waals surface area contributed by atoms with E-state index in [1.54, 1.807) is 0 Å². The zero-order chi connectivity index (χ0) is 14.8. The van der Waals surface area contributed by atoms with Crippen LogP contribution < -0.4 is 10.2 Å².